The Bertz CT molecular complexity index is 885. The summed E-state index contributed by atoms with van der Waals surface area (Å²) in [4.78, 5) is 45.7. The number of aliphatic carboxylic acids is 1. The van der Waals surface area contributed by atoms with E-state index in [4.69, 9.17) is 24.1 Å². The van der Waals surface area contributed by atoms with Crippen LogP contribution in [0.2, 0.25) is 0 Å². The van der Waals surface area contributed by atoms with Gasteiger partial charge in [-0.2, -0.15) is 11.8 Å². The van der Waals surface area contributed by atoms with Gasteiger partial charge in [-0.3, -0.25) is 14.9 Å². The number of carboxylic acid groups (broad SMARTS) is 1. The summed E-state index contributed by atoms with van der Waals surface area (Å²) in [6, 6.07) is 1.64. The van der Waals surface area contributed by atoms with Gasteiger partial charge in [-0.05, 0) is 33.3 Å². The van der Waals surface area contributed by atoms with Gasteiger partial charge in [0.15, 0.2) is 11.5 Å². The van der Waals surface area contributed by atoms with Gasteiger partial charge in [-0.1, -0.05) is 0 Å². The first-order chi connectivity index (χ1) is 15.9. The highest BCUT2D eigenvalue weighted by atomic mass is 32.2. The second-order valence-electron chi connectivity index (χ2n) is 7.97. The summed E-state index contributed by atoms with van der Waals surface area (Å²) in [6.45, 7) is 5.09. The van der Waals surface area contributed by atoms with Gasteiger partial charge < -0.3 is 29.4 Å². The highest BCUT2D eigenvalue weighted by Crippen LogP contribution is 2.36. The molecule has 13 heteroatoms. The molecule has 0 saturated heterocycles. The number of nitro groups is 1. The van der Waals surface area contributed by atoms with Crippen LogP contribution in [0.1, 0.15) is 39.2 Å². The fourth-order valence-electron chi connectivity index (χ4n) is 2.60. The Morgan fingerprint density at radius 2 is 1.88 bits per heavy atom. The Labute approximate surface area is 201 Å². The van der Waals surface area contributed by atoms with Gasteiger partial charge in [-0.15, -0.1) is 0 Å². The average molecular weight is 503 g/mol. The molecule has 0 aromatic heterocycles. The quantitative estimate of drug-likeness (QED) is 0.176. The minimum atomic E-state index is -1.03. The van der Waals surface area contributed by atoms with Gasteiger partial charge in [0.05, 0.1) is 31.8 Å². The Balaban J connectivity index is 2.92. The normalized spacial score (nSPS) is 11.8. The summed E-state index contributed by atoms with van der Waals surface area (Å²) >= 11 is 1.16. The van der Waals surface area contributed by atoms with Gasteiger partial charge in [0.2, 0.25) is 0 Å². The van der Waals surface area contributed by atoms with Crippen molar-refractivity contribution in [3.63, 3.8) is 0 Å². The number of hydrogen-bond acceptors (Lipinski definition) is 10. The standard InChI is InChI=1S/C21H30N2O10S/c1-21(2,3)33-20(27)22-14(19(26)31-5)12-34-11-13-9-16(30-4)17(10-15(13)23(28)29)32-8-6-7-18(24)25/h9-10,14H,6-8,11-12H2,1-5H3,(H,22,27)(H,24,25). The molecule has 1 atom stereocenters. The molecular formula is C21H30N2O10S. The molecular weight excluding hydrogens is 472 g/mol. The number of amides is 1. The number of thioether (sulfide) groups is 1. The van der Waals surface area contributed by atoms with Crippen LogP contribution in [-0.4, -0.2) is 66.3 Å². The van der Waals surface area contributed by atoms with Crippen molar-refractivity contribution in [3.05, 3.63) is 27.8 Å². The molecule has 1 unspecified atom stereocenters. The number of carboxylic acids is 1. The zero-order valence-electron chi connectivity index (χ0n) is 19.7. The van der Waals surface area contributed by atoms with Gasteiger partial charge in [0.1, 0.15) is 11.6 Å². The minimum absolute atomic E-state index is 0.0467. The molecule has 1 rings (SSSR count). The maximum atomic E-state index is 12.1. The molecule has 0 fully saturated rings. The lowest BCUT2D eigenvalue weighted by Gasteiger charge is -2.22. The van der Waals surface area contributed by atoms with Gasteiger partial charge in [0.25, 0.3) is 5.69 Å². The van der Waals surface area contributed by atoms with E-state index in [1.807, 2.05) is 0 Å². The third-order valence-electron chi connectivity index (χ3n) is 4.07. The van der Waals surface area contributed by atoms with Crippen LogP contribution < -0.4 is 14.8 Å². The Morgan fingerprint density at radius 3 is 2.41 bits per heavy atom. The van der Waals surface area contributed by atoms with Gasteiger partial charge in [0, 0.05) is 23.5 Å². The summed E-state index contributed by atoms with van der Waals surface area (Å²) < 4.78 is 20.6. The molecule has 0 aliphatic rings. The van der Waals surface area contributed by atoms with E-state index in [0.29, 0.717) is 5.56 Å². The first kappa shape index (κ1) is 28.8. The van der Waals surface area contributed by atoms with E-state index in [1.54, 1.807) is 20.8 Å². The van der Waals surface area contributed by atoms with E-state index in [0.717, 1.165) is 11.8 Å². The molecule has 0 aliphatic heterocycles. The van der Waals surface area contributed by atoms with Crippen molar-refractivity contribution in [2.75, 3.05) is 26.6 Å². The number of nitrogens with one attached hydrogen (secondary N) is 1. The number of ether oxygens (including phenoxy) is 4. The van der Waals surface area contributed by atoms with E-state index < -0.39 is 34.6 Å². The highest BCUT2D eigenvalue weighted by molar-refractivity contribution is 7.98. The lowest BCUT2D eigenvalue weighted by molar-refractivity contribution is -0.385. The molecule has 1 aromatic carbocycles. The first-order valence-electron chi connectivity index (χ1n) is 10.2. The smallest absolute Gasteiger partial charge is 0.408 e. The zero-order chi connectivity index (χ0) is 25.9. The fourth-order valence-corrected chi connectivity index (χ4v) is 3.63. The number of carbonyl (C=O) groups excluding carboxylic acids is 2. The number of alkyl carbamates (subject to hydrolysis) is 1. The molecule has 0 bridgehead atoms. The average Bonchev–Trinajstić information content (AvgIpc) is 2.73. The first-order valence-corrected chi connectivity index (χ1v) is 11.4. The summed E-state index contributed by atoms with van der Waals surface area (Å²) in [5.74, 6) is -1.11. The van der Waals surface area contributed by atoms with Crippen molar-refractivity contribution in [2.24, 2.45) is 0 Å². The number of methoxy groups -OCH3 is 2. The maximum absolute atomic E-state index is 12.1. The van der Waals surface area contributed by atoms with E-state index in [-0.39, 0.29) is 48.1 Å². The molecule has 0 aliphatic carbocycles. The van der Waals surface area contributed by atoms with E-state index >= 15 is 0 Å². The summed E-state index contributed by atoms with van der Waals surface area (Å²) in [5, 5.41) is 22.7. The van der Waals surface area contributed by atoms with Crippen molar-refractivity contribution in [3.8, 4) is 11.5 Å². The monoisotopic (exact) mass is 502 g/mol. The van der Waals surface area contributed by atoms with Crippen LogP contribution in [0.25, 0.3) is 0 Å². The van der Waals surface area contributed by atoms with E-state index in [9.17, 15) is 24.5 Å². The molecule has 12 nitrogen and oxygen atoms in total. The maximum Gasteiger partial charge on any atom is 0.408 e. The molecule has 0 spiro atoms. The molecule has 1 aromatic rings. The number of nitrogens with zero attached hydrogens (tertiary/aromatic N) is 1. The number of rotatable bonds is 13. The summed E-state index contributed by atoms with van der Waals surface area (Å²) in [7, 11) is 2.56. The van der Waals surface area contributed by atoms with Crippen molar-refractivity contribution >= 4 is 35.5 Å². The molecule has 0 radical (unpaired) electrons. The summed E-state index contributed by atoms with van der Waals surface area (Å²) in [6.07, 6.45) is -0.665. The lowest BCUT2D eigenvalue weighted by Crippen LogP contribution is -2.45. The van der Waals surface area contributed by atoms with E-state index in [2.05, 4.69) is 5.32 Å². The van der Waals surface area contributed by atoms with Crippen LogP contribution in [0, 0.1) is 10.1 Å². The summed E-state index contributed by atoms with van der Waals surface area (Å²) in [5.41, 5.74) is -0.672. The van der Waals surface area contributed by atoms with Crippen LogP contribution in [0.15, 0.2) is 12.1 Å². The Morgan fingerprint density at radius 1 is 1.21 bits per heavy atom. The lowest BCUT2D eigenvalue weighted by atomic mass is 10.2. The van der Waals surface area contributed by atoms with Crippen molar-refractivity contribution in [1.29, 1.82) is 0 Å². The number of esters is 1. The number of hydrogen-bond donors (Lipinski definition) is 2. The third-order valence-corrected chi connectivity index (χ3v) is 5.16. The number of nitro benzene ring substituents is 1. The molecule has 34 heavy (non-hydrogen) atoms. The number of benzene rings is 1. The van der Waals surface area contributed by atoms with Crippen molar-refractivity contribution in [1.82, 2.24) is 5.32 Å². The molecule has 1 amide bonds. The fraction of sp³-hybridized carbons (Fsp3) is 0.571. The molecule has 0 saturated carbocycles. The molecule has 0 heterocycles. The Hall–Kier alpha value is -3.22. The topological polar surface area (TPSA) is 164 Å². The Kier molecular flexibility index (Phi) is 11.4. The number of carbonyl (C=O) groups is 3. The van der Waals surface area contributed by atoms with Gasteiger partial charge >= 0.3 is 18.0 Å². The molecule has 2 N–H and O–H groups in total. The van der Waals surface area contributed by atoms with Crippen LogP contribution in [0.5, 0.6) is 11.5 Å². The molecule has 190 valence electrons. The van der Waals surface area contributed by atoms with E-state index in [1.165, 1.54) is 26.4 Å². The SMILES string of the molecule is COC(=O)C(CSCc1cc(OC)c(OCCCC(=O)O)cc1[N+](=O)[O-])NC(=O)OC(C)(C)C. The highest BCUT2D eigenvalue weighted by Gasteiger charge is 2.26. The second-order valence-corrected chi connectivity index (χ2v) is 9.00. The van der Waals surface area contributed by atoms with Crippen molar-refractivity contribution < 1.29 is 43.4 Å². The zero-order valence-corrected chi connectivity index (χ0v) is 20.6. The predicted molar refractivity (Wildman–Crippen MR) is 123 cm³/mol. The largest absolute Gasteiger partial charge is 0.493 e. The van der Waals surface area contributed by atoms with Crippen LogP contribution >= 0.6 is 11.8 Å². The van der Waals surface area contributed by atoms with Crippen LogP contribution in [0.3, 0.4) is 0 Å². The van der Waals surface area contributed by atoms with Crippen LogP contribution in [-0.2, 0) is 24.8 Å². The third kappa shape index (κ3) is 10.1. The van der Waals surface area contributed by atoms with Crippen LogP contribution in [0.4, 0.5) is 10.5 Å². The second kappa shape index (κ2) is 13.5. The minimum Gasteiger partial charge on any atom is -0.493 e. The van der Waals surface area contributed by atoms with Gasteiger partial charge in [-0.25, -0.2) is 9.59 Å². The van der Waals surface area contributed by atoms with Crippen molar-refractivity contribution in [2.45, 2.75) is 51.0 Å². The predicted octanol–water partition coefficient (Wildman–Crippen LogP) is 3.15.